The van der Waals surface area contributed by atoms with Crippen molar-refractivity contribution in [1.82, 2.24) is 4.98 Å². The topological polar surface area (TPSA) is 48.1 Å². The molecule has 7 heteroatoms. The molecule has 0 spiro atoms. The van der Waals surface area contributed by atoms with Gasteiger partial charge in [-0.05, 0) is 30.7 Å². The molecule has 0 saturated heterocycles. The molecular formula is C14H12BrF3N2O. The third kappa shape index (κ3) is 3.74. The number of benzene rings is 1. The molecule has 0 unspecified atom stereocenters. The van der Waals surface area contributed by atoms with Crippen LogP contribution in [0.2, 0.25) is 0 Å². The lowest BCUT2D eigenvalue weighted by molar-refractivity contribution is -0.141. The lowest BCUT2D eigenvalue weighted by Crippen LogP contribution is -2.11. The monoisotopic (exact) mass is 360 g/mol. The molecule has 1 heterocycles. The first-order chi connectivity index (χ1) is 9.81. The molecule has 0 saturated carbocycles. The second kappa shape index (κ2) is 6.03. The third-order valence-corrected chi connectivity index (χ3v) is 3.30. The van der Waals surface area contributed by atoms with E-state index in [1.165, 1.54) is 6.07 Å². The fourth-order valence-corrected chi connectivity index (χ4v) is 2.00. The minimum absolute atomic E-state index is 0.0352. The van der Waals surface area contributed by atoms with Crippen molar-refractivity contribution in [3.8, 4) is 11.6 Å². The summed E-state index contributed by atoms with van der Waals surface area (Å²) in [7, 11) is 0. The summed E-state index contributed by atoms with van der Waals surface area (Å²) in [6.45, 7) is 1.82. The van der Waals surface area contributed by atoms with Crippen molar-refractivity contribution in [2.45, 2.75) is 19.6 Å². The van der Waals surface area contributed by atoms with Gasteiger partial charge >= 0.3 is 6.18 Å². The number of aryl methyl sites for hydroxylation is 1. The number of pyridine rings is 1. The number of hydrogen-bond acceptors (Lipinski definition) is 3. The van der Waals surface area contributed by atoms with Crippen LogP contribution in [-0.4, -0.2) is 4.98 Å². The number of nitrogens with two attached hydrogens (primary N) is 1. The average Bonchev–Trinajstić information content (AvgIpc) is 2.42. The average molecular weight is 361 g/mol. The van der Waals surface area contributed by atoms with E-state index in [9.17, 15) is 13.2 Å². The molecule has 0 aliphatic carbocycles. The van der Waals surface area contributed by atoms with E-state index in [1.807, 2.05) is 6.07 Å². The van der Waals surface area contributed by atoms with E-state index in [4.69, 9.17) is 10.5 Å². The van der Waals surface area contributed by atoms with Crippen LogP contribution in [0.1, 0.15) is 16.8 Å². The van der Waals surface area contributed by atoms with Crippen LogP contribution in [0.5, 0.6) is 11.6 Å². The largest absolute Gasteiger partial charge is 0.438 e. The van der Waals surface area contributed by atoms with E-state index in [0.29, 0.717) is 11.3 Å². The minimum Gasteiger partial charge on any atom is -0.438 e. The molecule has 3 nitrogen and oxygen atoms in total. The van der Waals surface area contributed by atoms with Crippen LogP contribution in [0.4, 0.5) is 13.2 Å². The lowest BCUT2D eigenvalue weighted by atomic mass is 10.2. The van der Waals surface area contributed by atoms with Crippen LogP contribution < -0.4 is 10.5 Å². The molecule has 21 heavy (non-hydrogen) atoms. The van der Waals surface area contributed by atoms with Crippen LogP contribution in [0.15, 0.2) is 34.8 Å². The number of aromatic nitrogens is 1. The van der Waals surface area contributed by atoms with Gasteiger partial charge in [0.25, 0.3) is 0 Å². The number of ether oxygens (including phenoxy) is 1. The standard InChI is InChI=1S/C14H12BrF3N2O/c1-8-2-4-10(15)6-11(8)21-13-9(7-19)3-5-12(20-13)14(16,17)18/h2-6H,7,19H2,1H3. The van der Waals surface area contributed by atoms with Gasteiger partial charge in [-0.2, -0.15) is 13.2 Å². The van der Waals surface area contributed by atoms with Gasteiger partial charge < -0.3 is 10.5 Å². The van der Waals surface area contributed by atoms with Crippen LogP contribution in [-0.2, 0) is 12.7 Å². The zero-order valence-corrected chi connectivity index (χ0v) is 12.6. The van der Waals surface area contributed by atoms with Crippen molar-refractivity contribution in [3.63, 3.8) is 0 Å². The van der Waals surface area contributed by atoms with Crippen molar-refractivity contribution in [2.24, 2.45) is 5.73 Å². The number of hydrogen-bond donors (Lipinski definition) is 1. The first-order valence-corrected chi connectivity index (χ1v) is 6.81. The Bertz CT molecular complexity index is 659. The Balaban J connectivity index is 2.44. The van der Waals surface area contributed by atoms with Crippen LogP contribution in [0, 0.1) is 6.92 Å². The molecule has 0 fully saturated rings. The van der Waals surface area contributed by atoms with Crippen molar-refractivity contribution < 1.29 is 17.9 Å². The zero-order chi connectivity index (χ0) is 15.6. The molecule has 0 aliphatic heterocycles. The number of alkyl halides is 3. The van der Waals surface area contributed by atoms with Gasteiger partial charge in [0.2, 0.25) is 5.88 Å². The molecule has 1 aromatic carbocycles. The molecule has 0 aliphatic rings. The van der Waals surface area contributed by atoms with Gasteiger partial charge in [0, 0.05) is 16.6 Å². The maximum Gasteiger partial charge on any atom is 0.433 e. The van der Waals surface area contributed by atoms with Gasteiger partial charge in [0.05, 0.1) is 0 Å². The first-order valence-electron chi connectivity index (χ1n) is 6.02. The maximum atomic E-state index is 12.7. The maximum absolute atomic E-state index is 12.7. The van der Waals surface area contributed by atoms with Crippen LogP contribution >= 0.6 is 15.9 Å². The molecule has 2 N–H and O–H groups in total. The molecule has 2 aromatic rings. The Morgan fingerprint density at radius 2 is 1.95 bits per heavy atom. The molecule has 0 amide bonds. The summed E-state index contributed by atoms with van der Waals surface area (Å²) in [6, 6.07) is 7.43. The van der Waals surface area contributed by atoms with Gasteiger partial charge in [0.15, 0.2) is 0 Å². The molecule has 112 valence electrons. The highest BCUT2D eigenvalue weighted by molar-refractivity contribution is 9.10. The van der Waals surface area contributed by atoms with Gasteiger partial charge in [-0.15, -0.1) is 0 Å². The van der Waals surface area contributed by atoms with Crippen molar-refractivity contribution >= 4 is 15.9 Å². The first kappa shape index (κ1) is 15.8. The summed E-state index contributed by atoms with van der Waals surface area (Å²) in [5.74, 6) is 0.291. The van der Waals surface area contributed by atoms with Crippen LogP contribution in [0.25, 0.3) is 0 Å². The molecule has 0 bridgehead atoms. The summed E-state index contributed by atoms with van der Waals surface area (Å²) in [5, 5.41) is 0. The van der Waals surface area contributed by atoms with E-state index >= 15 is 0 Å². The Labute approximate surface area is 128 Å². The number of rotatable bonds is 3. The highest BCUT2D eigenvalue weighted by Gasteiger charge is 2.33. The van der Waals surface area contributed by atoms with E-state index in [0.717, 1.165) is 16.1 Å². The van der Waals surface area contributed by atoms with Crippen molar-refractivity contribution in [3.05, 3.63) is 51.6 Å². The number of halogens is 4. The molecule has 2 rings (SSSR count). The van der Waals surface area contributed by atoms with Gasteiger partial charge in [-0.25, -0.2) is 4.98 Å². The predicted molar refractivity (Wildman–Crippen MR) is 76.1 cm³/mol. The Hall–Kier alpha value is -1.60. The molecular weight excluding hydrogens is 349 g/mol. The third-order valence-electron chi connectivity index (χ3n) is 2.81. The zero-order valence-electron chi connectivity index (χ0n) is 11.0. The van der Waals surface area contributed by atoms with Gasteiger partial charge in [0.1, 0.15) is 11.4 Å². The van der Waals surface area contributed by atoms with E-state index < -0.39 is 11.9 Å². The van der Waals surface area contributed by atoms with Gasteiger partial charge in [-0.3, -0.25) is 0 Å². The Morgan fingerprint density at radius 1 is 1.24 bits per heavy atom. The fourth-order valence-electron chi connectivity index (χ4n) is 1.66. The van der Waals surface area contributed by atoms with E-state index in [1.54, 1.807) is 19.1 Å². The minimum atomic E-state index is -4.53. The lowest BCUT2D eigenvalue weighted by Gasteiger charge is -2.14. The predicted octanol–water partition coefficient (Wildman–Crippen LogP) is 4.42. The van der Waals surface area contributed by atoms with E-state index in [-0.39, 0.29) is 12.4 Å². The van der Waals surface area contributed by atoms with Crippen molar-refractivity contribution in [2.75, 3.05) is 0 Å². The molecule has 1 aromatic heterocycles. The van der Waals surface area contributed by atoms with Crippen molar-refractivity contribution in [1.29, 1.82) is 0 Å². The second-order valence-electron chi connectivity index (χ2n) is 4.37. The SMILES string of the molecule is Cc1ccc(Br)cc1Oc1nc(C(F)(F)F)ccc1CN. The van der Waals surface area contributed by atoms with E-state index in [2.05, 4.69) is 20.9 Å². The highest BCUT2D eigenvalue weighted by atomic mass is 79.9. The smallest absolute Gasteiger partial charge is 0.433 e. The summed E-state index contributed by atoms with van der Waals surface area (Å²) in [6.07, 6.45) is -4.53. The Morgan fingerprint density at radius 3 is 2.57 bits per heavy atom. The summed E-state index contributed by atoms with van der Waals surface area (Å²) >= 11 is 3.29. The van der Waals surface area contributed by atoms with Gasteiger partial charge in [-0.1, -0.05) is 28.1 Å². The number of nitrogens with zero attached hydrogens (tertiary/aromatic N) is 1. The fraction of sp³-hybridized carbons (Fsp3) is 0.214. The highest BCUT2D eigenvalue weighted by Crippen LogP contribution is 2.33. The second-order valence-corrected chi connectivity index (χ2v) is 5.29. The summed E-state index contributed by atoms with van der Waals surface area (Å²) in [5.41, 5.74) is 5.69. The summed E-state index contributed by atoms with van der Waals surface area (Å²) in [4.78, 5) is 3.54. The Kier molecular flexibility index (Phi) is 4.53. The summed E-state index contributed by atoms with van der Waals surface area (Å²) < 4.78 is 44.5. The molecule has 0 atom stereocenters. The quantitative estimate of drug-likeness (QED) is 0.880. The normalized spacial score (nSPS) is 11.5. The molecule has 0 radical (unpaired) electrons. The van der Waals surface area contributed by atoms with Crippen LogP contribution in [0.3, 0.4) is 0 Å².